The molecule has 3 aromatic carbocycles. The zero-order valence-electron chi connectivity index (χ0n) is 12.6. The van der Waals surface area contributed by atoms with Gasteiger partial charge in [-0.1, -0.05) is 35.9 Å². The van der Waals surface area contributed by atoms with Crippen molar-refractivity contribution in [2.24, 2.45) is 0 Å². The van der Waals surface area contributed by atoms with E-state index in [0.29, 0.717) is 9.79 Å². The Labute approximate surface area is 134 Å². The van der Waals surface area contributed by atoms with Gasteiger partial charge in [0.05, 0.1) is 9.79 Å². The van der Waals surface area contributed by atoms with Crippen molar-refractivity contribution in [1.82, 2.24) is 4.98 Å². The van der Waals surface area contributed by atoms with Crippen molar-refractivity contribution in [2.45, 2.75) is 16.7 Å². The molecule has 4 heteroatoms. The first-order chi connectivity index (χ1) is 11.1. The molecule has 114 valence electrons. The summed E-state index contributed by atoms with van der Waals surface area (Å²) in [4.78, 5) is 3.95. The molecule has 1 aromatic heterocycles. The fraction of sp³-hybridized carbons (Fsp3) is 0.0526. The Bertz CT molecular complexity index is 1120. The maximum Gasteiger partial charge on any atom is 0.206 e. The van der Waals surface area contributed by atoms with Gasteiger partial charge in [0.15, 0.2) is 0 Å². The maximum absolute atomic E-state index is 12.8. The molecule has 23 heavy (non-hydrogen) atoms. The summed E-state index contributed by atoms with van der Waals surface area (Å²) in [7, 11) is -3.51. The number of aromatic nitrogens is 1. The number of sulfone groups is 1. The second-order valence-electron chi connectivity index (χ2n) is 5.69. The van der Waals surface area contributed by atoms with Crippen LogP contribution in [-0.4, -0.2) is 13.4 Å². The lowest BCUT2D eigenvalue weighted by Crippen LogP contribution is -2.01. The number of para-hydroxylation sites is 1. The highest BCUT2D eigenvalue weighted by Gasteiger charge is 2.18. The zero-order valence-corrected chi connectivity index (χ0v) is 13.4. The van der Waals surface area contributed by atoms with Gasteiger partial charge in [-0.05, 0) is 43.3 Å². The molecule has 0 amide bonds. The molecule has 1 heterocycles. The number of aromatic amines is 1. The van der Waals surface area contributed by atoms with E-state index in [1.54, 1.807) is 24.3 Å². The van der Waals surface area contributed by atoms with Gasteiger partial charge in [0.1, 0.15) is 0 Å². The molecule has 0 unspecified atom stereocenters. The first-order valence-corrected chi connectivity index (χ1v) is 8.86. The third kappa shape index (κ3) is 2.23. The Kier molecular flexibility index (Phi) is 3.03. The van der Waals surface area contributed by atoms with Gasteiger partial charge in [-0.25, -0.2) is 8.42 Å². The summed E-state index contributed by atoms with van der Waals surface area (Å²) >= 11 is 0. The average molecular weight is 321 g/mol. The number of H-pyrrole nitrogens is 1. The first kappa shape index (κ1) is 14.0. The Balaban J connectivity index is 1.94. The average Bonchev–Trinajstić information content (AvgIpc) is 2.93. The van der Waals surface area contributed by atoms with Gasteiger partial charge < -0.3 is 4.98 Å². The lowest BCUT2D eigenvalue weighted by atomic mass is 10.1. The van der Waals surface area contributed by atoms with Crippen molar-refractivity contribution in [1.29, 1.82) is 0 Å². The SMILES string of the molecule is Cc1ccc(S(=O)(=O)c2ccc3[nH]c4ccccc4c3c2)cc1. The van der Waals surface area contributed by atoms with Crippen LogP contribution in [0.2, 0.25) is 0 Å². The fourth-order valence-electron chi connectivity index (χ4n) is 2.85. The van der Waals surface area contributed by atoms with Gasteiger partial charge in [-0.15, -0.1) is 0 Å². The summed E-state index contributed by atoms with van der Waals surface area (Å²) in [5.74, 6) is 0. The van der Waals surface area contributed by atoms with E-state index in [0.717, 1.165) is 27.4 Å². The van der Waals surface area contributed by atoms with E-state index in [1.807, 2.05) is 49.4 Å². The normalized spacial score (nSPS) is 12.0. The van der Waals surface area contributed by atoms with Crippen LogP contribution in [0.3, 0.4) is 0 Å². The van der Waals surface area contributed by atoms with Crippen molar-refractivity contribution < 1.29 is 8.42 Å². The summed E-state index contributed by atoms with van der Waals surface area (Å²) in [6.45, 7) is 1.94. The predicted octanol–water partition coefficient (Wildman–Crippen LogP) is 4.46. The summed E-state index contributed by atoms with van der Waals surface area (Å²) in [6, 6.07) is 20.1. The molecule has 0 atom stereocenters. The molecule has 0 bridgehead atoms. The van der Waals surface area contributed by atoms with Crippen molar-refractivity contribution >= 4 is 31.6 Å². The Morgan fingerprint density at radius 2 is 1.39 bits per heavy atom. The molecular weight excluding hydrogens is 306 g/mol. The summed E-state index contributed by atoms with van der Waals surface area (Å²) < 4.78 is 25.7. The minimum absolute atomic E-state index is 0.318. The van der Waals surface area contributed by atoms with Crippen LogP contribution in [0.5, 0.6) is 0 Å². The lowest BCUT2D eigenvalue weighted by molar-refractivity contribution is 0.596. The van der Waals surface area contributed by atoms with E-state index in [4.69, 9.17) is 0 Å². The standard InChI is InChI=1S/C19H15NO2S/c1-13-6-8-14(9-7-13)23(21,22)15-10-11-19-17(12-15)16-4-2-3-5-18(16)20-19/h2-12,20H,1H3. The molecule has 4 aromatic rings. The molecule has 0 aliphatic rings. The van der Waals surface area contributed by atoms with E-state index in [1.165, 1.54) is 0 Å². The predicted molar refractivity (Wildman–Crippen MR) is 92.4 cm³/mol. The van der Waals surface area contributed by atoms with Crippen LogP contribution in [0.25, 0.3) is 21.8 Å². The van der Waals surface area contributed by atoms with Gasteiger partial charge in [0.2, 0.25) is 9.84 Å². The number of aryl methyl sites for hydroxylation is 1. The van der Waals surface area contributed by atoms with E-state index < -0.39 is 9.84 Å². The molecule has 0 radical (unpaired) electrons. The second kappa shape index (κ2) is 4.96. The number of hydrogen-bond acceptors (Lipinski definition) is 2. The van der Waals surface area contributed by atoms with Gasteiger partial charge in [-0.3, -0.25) is 0 Å². The van der Waals surface area contributed by atoms with Crippen molar-refractivity contribution in [3.05, 3.63) is 72.3 Å². The van der Waals surface area contributed by atoms with E-state index in [9.17, 15) is 8.42 Å². The highest BCUT2D eigenvalue weighted by atomic mass is 32.2. The maximum atomic E-state index is 12.8. The third-order valence-corrected chi connectivity index (χ3v) is 5.89. The Morgan fingerprint density at radius 1 is 0.739 bits per heavy atom. The third-order valence-electron chi connectivity index (χ3n) is 4.12. The lowest BCUT2D eigenvalue weighted by Gasteiger charge is -2.05. The minimum atomic E-state index is -3.51. The second-order valence-corrected chi connectivity index (χ2v) is 7.64. The largest absolute Gasteiger partial charge is 0.355 e. The van der Waals surface area contributed by atoms with Gasteiger partial charge in [0.25, 0.3) is 0 Å². The number of nitrogens with one attached hydrogen (secondary N) is 1. The number of fused-ring (bicyclic) bond motifs is 3. The summed E-state index contributed by atoms with van der Waals surface area (Å²) in [5, 5.41) is 1.96. The molecule has 0 saturated carbocycles. The van der Waals surface area contributed by atoms with E-state index >= 15 is 0 Å². The van der Waals surface area contributed by atoms with Crippen molar-refractivity contribution in [3.8, 4) is 0 Å². The number of hydrogen-bond donors (Lipinski definition) is 1. The van der Waals surface area contributed by atoms with Crippen molar-refractivity contribution in [3.63, 3.8) is 0 Å². The van der Waals surface area contributed by atoms with Crippen LogP contribution in [-0.2, 0) is 9.84 Å². The van der Waals surface area contributed by atoms with Gasteiger partial charge in [-0.2, -0.15) is 0 Å². The molecule has 4 rings (SSSR count). The van der Waals surface area contributed by atoms with Crippen LogP contribution < -0.4 is 0 Å². The van der Waals surface area contributed by atoms with Crippen molar-refractivity contribution in [2.75, 3.05) is 0 Å². The first-order valence-electron chi connectivity index (χ1n) is 7.38. The highest BCUT2D eigenvalue weighted by molar-refractivity contribution is 7.91. The Hall–Kier alpha value is -2.59. The summed E-state index contributed by atoms with van der Waals surface area (Å²) in [5.41, 5.74) is 2.98. The van der Waals surface area contributed by atoms with Crippen LogP contribution in [0.1, 0.15) is 5.56 Å². The molecule has 0 spiro atoms. The monoisotopic (exact) mass is 321 g/mol. The molecule has 0 aliphatic carbocycles. The van der Waals surface area contributed by atoms with Crippen LogP contribution in [0.15, 0.2) is 76.5 Å². The van der Waals surface area contributed by atoms with Crippen LogP contribution in [0.4, 0.5) is 0 Å². The molecule has 1 N–H and O–H groups in total. The van der Waals surface area contributed by atoms with Gasteiger partial charge in [0, 0.05) is 21.8 Å². The number of rotatable bonds is 2. The zero-order chi connectivity index (χ0) is 16.0. The minimum Gasteiger partial charge on any atom is -0.355 e. The molecule has 0 aliphatic heterocycles. The molecule has 3 nitrogen and oxygen atoms in total. The van der Waals surface area contributed by atoms with Gasteiger partial charge >= 0.3 is 0 Å². The summed E-state index contributed by atoms with van der Waals surface area (Å²) in [6.07, 6.45) is 0. The molecule has 0 fully saturated rings. The topological polar surface area (TPSA) is 49.9 Å². The Morgan fingerprint density at radius 3 is 2.17 bits per heavy atom. The van der Waals surface area contributed by atoms with Crippen LogP contribution >= 0.6 is 0 Å². The highest BCUT2D eigenvalue weighted by Crippen LogP contribution is 2.29. The number of benzene rings is 3. The van der Waals surface area contributed by atoms with Crippen LogP contribution in [0, 0.1) is 6.92 Å². The van der Waals surface area contributed by atoms with E-state index in [2.05, 4.69) is 4.98 Å². The van der Waals surface area contributed by atoms with E-state index in [-0.39, 0.29) is 0 Å². The smallest absolute Gasteiger partial charge is 0.206 e. The molecular formula is C19H15NO2S. The fourth-order valence-corrected chi connectivity index (χ4v) is 4.13. The quantitative estimate of drug-likeness (QED) is 0.592. The molecule has 0 saturated heterocycles.